The second-order valence-electron chi connectivity index (χ2n) is 9.32. The number of carboxylic acid groups (broad SMARTS) is 1. The van der Waals surface area contributed by atoms with Crippen molar-refractivity contribution in [2.75, 3.05) is 11.5 Å². The van der Waals surface area contributed by atoms with Crippen LogP contribution in [0.25, 0.3) is 22.5 Å². The first-order valence-corrected chi connectivity index (χ1v) is 12.7. The third-order valence-corrected chi connectivity index (χ3v) is 6.51. The van der Waals surface area contributed by atoms with E-state index in [2.05, 4.69) is 0 Å². The van der Waals surface area contributed by atoms with Gasteiger partial charge >= 0.3 is 12.1 Å². The monoisotopic (exact) mass is 499 g/mol. The zero-order valence-corrected chi connectivity index (χ0v) is 21.6. The fraction of sp³-hybridized carbons (Fsp3) is 0.333. The number of rotatable bonds is 8. The van der Waals surface area contributed by atoms with E-state index in [0.29, 0.717) is 55.9 Å². The van der Waals surface area contributed by atoms with Crippen LogP contribution in [-0.4, -0.2) is 39.8 Å². The van der Waals surface area contributed by atoms with Gasteiger partial charge in [0, 0.05) is 23.6 Å². The number of ether oxygens (including phenoxy) is 1. The number of anilines is 1. The molecule has 0 bridgehead atoms. The molecule has 1 aromatic heterocycles. The van der Waals surface area contributed by atoms with Gasteiger partial charge < -0.3 is 9.84 Å². The van der Waals surface area contributed by atoms with E-state index in [1.165, 1.54) is 4.90 Å². The van der Waals surface area contributed by atoms with Crippen molar-refractivity contribution in [3.05, 3.63) is 77.5 Å². The number of allylic oxidation sites excluding steroid dienone is 1. The van der Waals surface area contributed by atoms with Crippen molar-refractivity contribution in [3.8, 4) is 22.5 Å². The third-order valence-electron chi connectivity index (χ3n) is 6.51. The summed E-state index contributed by atoms with van der Waals surface area (Å²) in [5.74, 6) is 0.171. The second kappa shape index (κ2) is 11.8. The molecular weight excluding hydrogens is 466 g/mol. The average Bonchev–Trinajstić information content (AvgIpc) is 2.88. The summed E-state index contributed by atoms with van der Waals surface area (Å²) in [5.41, 5.74) is 6.24. The lowest BCUT2D eigenvalue weighted by molar-refractivity contribution is -0.143. The van der Waals surface area contributed by atoms with Crippen molar-refractivity contribution >= 4 is 17.9 Å². The van der Waals surface area contributed by atoms with Gasteiger partial charge in [-0.25, -0.2) is 14.8 Å². The second-order valence-corrected chi connectivity index (χ2v) is 9.32. The molecule has 7 nitrogen and oxygen atoms in total. The summed E-state index contributed by atoms with van der Waals surface area (Å²) in [7, 11) is 0. The number of aryl methyl sites for hydroxylation is 3. The lowest BCUT2D eigenvalue weighted by Gasteiger charge is -2.34. The molecule has 192 valence electrons. The normalized spacial score (nSPS) is 15.0. The molecule has 2 aromatic carbocycles. The molecule has 0 spiro atoms. The van der Waals surface area contributed by atoms with Crippen LogP contribution in [0, 0.1) is 13.8 Å². The van der Waals surface area contributed by atoms with Crippen LogP contribution in [0.2, 0.25) is 0 Å². The maximum Gasteiger partial charge on any atom is 0.413 e. The molecule has 4 rings (SSSR count). The molecule has 7 heteroatoms. The summed E-state index contributed by atoms with van der Waals surface area (Å²) in [4.78, 5) is 35.3. The molecule has 1 atom stereocenters. The van der Waals surface area contributed by atoms with Crippen LogP contribution in [0.5, 0.6) is 0 Å². The number of carbonyl (C=O) groups excluding carboxylic acids is 1. The predicted octanol–water partition coefficient (Wildman–Crippen LogP) is 6.52. The zero-order valence-electron chi connectivity index (χ0n) is 21.6. The molecule has 0 fully saturated rings. The molecule has 0 radical (unpaired) electrons. The molecule has 37 heavy (non-hydrogen) atoms. The van der Waals surface area contributed by atoms with E-state index in [9.17, 15) is 14.7 Å². The summed E-state index contributed by atoms with van der Waals surface area (Å²) in [6, 6.07) is 15.9. The number of benzene rings is 2. The summed E-state index contributed by atoms with van der Waals surface area (Å²) in [5, 5.41) is 10.2. The number of hydrogen-bond donors (Lipinski definition) is 1. The Labute approximate surface area is 217 Å². The average molecular weight is 500 g/mol. The van der Waals surface area contributed by atoms with Gasteiger partial charge in [-0.2, -0.15) is 0 Å². The number of carbonyl (C=O) groups is 2. The van der Waals surface area contributed by atoms with Crippen LogP contribution in [0.15, 0.2) is 60.7 Å². The Bertz CT molecular complexity index is 1280. The molecule has 1 aliphatic rings. The van der Waals surface area contributed by atoms with Crippen LogP contribution >= 0.6 is 0 Å². The highest BCUT2D eigenvalue weighted by atomic mass is 16.5. The number of aromatic nitrogens is 2. The molecule has 2 heterocycles. The highest BCUT2D eigenvalue weighted by molar-refractivity contribution is 5.89. The Morgan fingerprint density at radius 1 is 0.973 bits per heavy atom. The number of nitrogens with zero attached hydrogens (tertiary/aromatic N) is 3. The number of fused-ring (bicyclic) bond motifs is 1. The van der Waals surface area contributed by atoms with E-state index in [1.807, 2.05) is 74.5 Å². The zero-order chi connectivity index (χ0) is 26.4. The standard InChI is InChI=1S/C30H33N3O4/c1-4-37-26(34)9-7-5-6-8-24-18-19-25-29(33(24)30(35)36)32-28(23-16-12-21(3)13-17-23)27(31-25)22-14-10-20(2)11-15-22/h5-6,10-17,24H,4,7-9,18-19H2,1-3H3,(H,35,36)/b6-5+. The molecule has 1 unspecified atom stereocenters. The lowest BCUT2D eigenvalue weighted by Crippen LogP contribution is -2.43. The summed E-state index contributed by atoms with van der Waals surface area (Å²) in [6.45, 7) is 6.22. The van der Waals surface area contributed by atoms with Gasteiger partial charge in [0.05, 0.1) is 23.7 Å². The molecule has 3 aromatic rings. The quantitative estimate of drug-likeness (QED) is 0.280. The molecule has 0 saturated carbocycles. The minimum atomic E-state index is -1.04. The minimum Gasteiger partial charge on any atom is -0.466 e. The molecular formula is C30H33N3O4. The van der Waals surface area contributed by atoms with Gasteiger partial charge in [-0.1, -0.05) is 71.8 Å². The van der Waals surface area contributed by atoms with Crippen LogP contribution in [0.4, 0.5) is 10.6 Å². The molecule has 1 amide bonds. The van der Waals surface area contributed by atoms with E-state index >= 15 is 0 Å². The van der Waals surface area contributed by atoms with E-state index in [-0.39, 0.29) is 12.0 Å². The highest BCUT2D eigenvalue weighted by Crippen LogP contribution is 2.37. The first-order valence-electron chi connectivity index (χ1n) is 12.7. The van der Waals surface area contributed by atoms with Gasteiger partial charge in [0.2, 0.25) is 0 Å². The van der Waals surface area contributed by atoms with Gasteiger partial charge in [0.15, 0.2) is 5.82 Å². The number of amides is 1. The first kappa shape index (κ1) is 26.1. The van der Waals surface area contributed by atoms with Crippen molar-refractivity contribution in [1.82, 2.24) is 9.97 Å². The number of hydrogen-bond acceptors (Lipinski definition) is 5. The lowest BCUT2D eigenvalue weighted by atomic mass is 9.97. The molecule has 0 aliphatic carbocycles. The van der Waals surface area contributed by atoms with E-state index in [0.717, 1.165) is 27.9 Å². The minimum absolute atomic E-state index is 0.228. The third kappa shape index (κ3) is 6.23. The van der Waals surface area contributed by atoms with Crippen LogP contribution in [-0.2, 0) is 16.0 Å². The van der Waals surface area contributed by atoms with Crippen LogP contribution in [0.1, 0.15) is 49.4 Å². The fourth-order valence-electron chi connectivity index (χ4n) is 4.53. The summed E-state index contributed by atoms with van der Waals surface area (Å²) in [6.07, 6.45) is 5.51. The molecule has 0 saturated heterocycles. The Hall–Kier alpha value is -4.00. The van der Waals surface area contributed by atoms with E-state index < -0.39 is 6.09 Å². The Morgan fingerprint density at radius 2 is 1.57 bits per heavy atom. The maximum absolute atomic E-state index is 12.4. The summed E-state index contributed by atoms with van der Waals surface area (Å²) >= 11 is 0. The highest BCUT2D eigenvalue weighted by Gasteiger charge is 2.34. The largest absolute Gasteiger partial charge is 0.466 e. The van der Waals surface area contributed by atoms with E-state index in [4.69, 9.17) is 14.7 Å². The van der Waals surface area contributed by atoms with E-state index in [1.54, 1.807) is 6.92 Å². The van der Waals surface area contributed by atoms with Crippen LogP contribution in [0.3, 0.4) is 0 Å². The Morgan fingerprint density at radius 3 is 2.14 bits per heavy atom. The first-order chi connectivity index (χ1) is 17.9. The molecule has 1 aliphatic heterocycles. The summed E-state index contributed by atoms with van der Waals surface area (Å²) < 4.78 is 4.95. The Kier molecular flexibility index (Phi) is 8.33. The van der Waals surface area contributed by atoms with Crippen molar-refractivity contribution in [1.29, 1.82) is 0 Å². The van der Waals surface area contributed by atoms with Gasteiger partial charge in [0.1, 0.15) is 0 Å². The smallest absolute Gasteiger partial charge is 0.413 e. The molecule has 1 N–H and O–H groups in total. The van der Waals surface area contributed by atoms with Crippen molar-refractivity contribution in [2.45, 2.75) is 58.9 Å². The van der Waals surface area contributed by atoms with Gasteiger partial charge in [0.25, 0.3) is 0 Å². The maximum atomic E-state index is 12.4. The van der Waals surface area contributed by atoms with Crippen molar-refractivity contribution < 1.29 is 19.4 Å². The fourth-order valence-corrected chi connectivity index (χ4v) is 4.53. The van der Waals surface area contributed by atoms with Crippen LogP contribution < -0.4 is 4.90 Å². The van der Waals surface area contributed by atoms with Crippen molar-refractivity contribution in [2.24, 2.45) is 0 Å². The Balaban J connectivity index is 1.67. The predicted molar refractivity (Wildman–Crippen MR) is 145 cm³/mol. The van der Waals surface area contributed by atoms with Gasteiger partial charge in [-0.05, 0) is 46.5 Å². The number of esters is 1. The topological polar surface area (TPSA) is 92.6 Å². The van der Waals surface area contributed by atoms with Gasteiger partial charge in [-0.3, -0.25) is 9.69 Å². The van der Waals surface area contributed by atoms with Gasteiger partial charge in [-0.15, -0.1) is 0 Å². The van der Waals surface area contributed by atoms with Crippen molar-refractivity contribution in [3.63, 3.8) is 0 Å². The SMILES string of the molecule is CCOC(=O)CC/C=C/CC1CCc2nc(-c3ccc(C)cc3)c(-c3ccc(C)cc3)nc2N1C(=O)O.